The number of aromatic amines is 1. The van der Waals surface area contributed by atoms with Crippen molar-refractivity contribution in [3.05, 3.63) is 48.9 Å². The van der Waals surface area contributed by atoms with E-state index in [9.17, 15) is 0 Å². The van der Waals surface area contributed by atoms with Crippen LogP contribution in [0, 0.1) is 0 Å². The minimum absolute atomic E-state index is 0.639. The van der Waals surface area contributed by atoms with E-state index >= 15 is 0 Å². The van der Waals surface area contributed by atoms with Crippen molar-refractivity contribution < 1.29 is 14.2 Å². The Kier molecular flexibility index (Phi) is 6.58. The standard InChI is InChI=1S/C24H27AsN4O3/c1-30-21-14-18-20(15-22(21)32-11-3-8-29-9-12-31-13-10-29)27-16-28-24(18)25-19-5-2-4-17-6-7-26-23(17)19/h2,4-7,14-16,25-26H,3,8-13H2,1H3. The fourth-order valence-electron chi connectivity index (χ4n) is 4.05. The summed E-state index contributed by atoms with van der Waals surface area (Å²) in [5.74, 6) is 1.46. The van der Waals surface area contributed by atoms with Crippen LogP contribution in [0.3, 0.4) is 0 Å². The first-order chi connectivity index (χ1) is 15.8. The van der Waals surface area contributed by atoms with E-state index in [2.05, 4.69) is 44.1 Å². The summed E-state index contributed by atoms with van der Waals surface area (Å²) in [7, 11) is 1.68. The van der Waals surface area contributed by atoms with Gasteiger partial charge >= 0.3 is 189 Å². The van der Waals surface area contributed by atoms with Crippen molar-refractivity contribution in [1.82, 2.24) is 19.9 Å². The molecule has 0 amide bonds. The topological polar surface area (TPSA) is 72.5 Å². The van der Waals surface area contributed by atoms with Crippen LogP contribution in [0.4, 0.5) is 0 Å². The number of H-pyrrole nitrogens is 1. The van der Waals surface area contributed by atoms with E-state index in [4.69, 9.17) is 14.2 Å². The molecule has 0 spiro atoms. The van der Waals surface area contributed by atoms with Crippen molar-refractivity contribution in [2.75, 3.05) is 46.6 Å². The number of rotatable bonds is 8. The molecule has 1 unspecified atom stereocenters. The van der Waals surface area contributed by atoms with Gasteiger partial charge in [0.15, 0.2) is 0 Å². The number of nitrogens with zero attached hydrogens (tertiary/aromatic N) is 3. The fraction of sp³-hybridized carbons (Fsp3) is 0.333. The summed E-state index contributed by atoms with van der Waals surface area (Å²) in [6, 6.07) is 12.5. The molecule has 2 aromatic heterocycles. The molecular weight excluding hydrogens is 467 g/mol. The van der Waals surface area contributed by atoms with E-state index in [1.165, 1.54) is 15.3 Å². The van der Waals surface area contributed by atoms with Crippen LogP contribution in [-0.4, -0.2) is 82.2 Å². The summed E-state index contributed by atoms with van der Waals surface area (Å²) >= 11 is -0.658. The van der Waals surface area contributed by atoms with Gasteiger partial charge in [0.25, 0.3) is 0 Å². The third-order valence-electron chi connectivity index (χ3n) is 5.74. The summed E-state index contributed by atoms with van der Waals surface area (Å²) < 4.78 is 19.6. The number of para-hydroxylation sites is 1. The van der Waals surface area contributed by atoms with Crippen LogP contribution in [0.1, 0.15) is 6.42 Å². The SMILES string of the molecule is COc1cc2c([AsH]c3cccc4cc[nH]c34)ncnc2cc1OCCCN1CCOCC1. The molecule has 1 aliphatic heterocycles. The van der Waals surface area contributed by atoms with Crippen molar-refractivity contribution in [1.29, 1.82) is 0 Å². The van der Waals surface area contributed by atoms with Crippen molar-refractivity contribution in [3.63, 3.8) is 0 Å². The molecule has 1 N–H and O–H groups in total. The van der Waals surface area contributed by atoms with E-state index in [-0.39, 0.29) is 0 Å². The molecule has 1 aliphatic rings. The summed E-state index contributed by atoms with van der Waals surface area (Å²) in [4.78, 5) is 14.9. The number of benzene rings is 2. The Labute approximate surface area is 193 Å². The number of hydrogen-bond donors (Lipinski definition) is 1. The summed E-state index contributed by atoms with van der Waals surface area (Å²) in [5.41, 5.74) is 2.09. The van der Waals surface area contributed by atoms with Crippen LogP contribution in [0.5, 0.6) is 11.5 Å². The molecule has 0 radical (unpaired) electrons. The molecule has 4 aromatic rings. The zero-order valence-corrected chi connectivity index (χ0v) is 20.2. The Morgan fingerprint density at radius 3 is 2.91 bits per heavy atom. The van der Waals surface area contributed by atoms with Crippen molar-refractivity contribution in [2.45, 2.75) is 6.42 Å². The number of aromatic nitrogens is 3. The molecule has 2 aromatic carbocycles. The van der Waals surface area contributed by atoms with Gasteiger partial charge in [-0.25, -0.2) is 0 Å². The van der Waals surface area contributed by atoms with Crippen LogP contribution < -0.4 is 18.3 Å². The zero-order chi connectivity index (χ0) is 21.8. The molecule has 0 saturated carbocycles. The predicted octanol–water partition coefficient (Wildman–Crippen LogP) is 1.61. The average Bonchev–Trinajstić information content (AvgIpc) is 3.32. The number of ether oxygens (including phenoxy) is 3. The minimum atomic E-state index is -0.658. The Bertz CT molecular complexity index is 1210. The van der Waals surface area contributed by atoms with Gasteiger partial charge in [-0.15, -0.1) is 0 Å². The van der Waals surface area contributed by atoms with Crippen LogP contribution in [0.2, 0.25) is 0 Å². The van der Waals surface area contributed by atoms with Gasteiger partial charge in [-0.2, -0.15) is 0 Å². The number of methoxy groups -OCH3 is 1. The van der Waals surface area contributed by atoms with E-state index < -0.39 is 15.8 Å². The molecule has 0 bridgehead atoms. The number of fused-ring (bicyclic) bond motifs is 2. The van der Waals surface area contributed by atoms with Gasteiger partial charge in [0.05, 0.1) is 0 Å². The Morgan fingerprint density at radius 1 is 1.12 bits per heavy atom. The molecule has 3 heterocycles. The molecule has 7 nitrogen and oxygen atoms in total. The molecule has 5 rings (SSSR count). The first-order valence-electron chi connectivity index (χ1n) is 10.9. The quantitative estimate of drug-likeness (QED) is 0.297. The molecule has 0 aliphatic carbocycles. The normalized spacial score (nSPS) is 15.2. The zero-order valence-electron chi connectivity index (χ0n) is 18.1. The van der Waals surface area contributed by atoms with Crippen molar-refractivity contribution >= 4 is 46.4 Å². The Hall–Kier alpha value is -2.60. The third kappa shape index (κ3) is 4.60. The van der Waals surface area contributed by atoms with Crippen LogP contribution in [0.15, 0.2) is 48.9 Å². The summed E-state index contributed by atoms with van der Waals surface area (Å²) in [6.07, 6.45) is 4.61. The third-order valence-corrected chi connectivity index (χ3v) is 8.51. The first-order valence-corrected chi connectivity index (χ1v) is 13.0. The van der Waals surface area contributed by atoms with Gasteiger partial charge in [0, 0.05) is 0 Å². The molecule has 1 saturated heterocycles. The Balaban J connectivity index is 1.34. The Morgan fingerprint density at radius 2 is 2.03 bits per heavy atom. The van der Waals surface area contributed by atoms with Gasteiger partial charge in [0.1, 0.15) is 0 Å². The van der Waals surface area contributed by atoms with Gasteiger partial charge in [0.2, 0.25) is 0 Å². The second-order valence-electron chi connectivity index (χ2n) is 7.77. The van der Waals surface area contributed by atoms with E-state index in [1.807, 2.05) is 18.3 Å². The molecule has 1 fully saturated rings. The number of hydrogen-bond acceptors (Lipinski definition) is 6. The maximum absolute atomic E-state index is 6.09. The first kappa shape index (κ1) is 21.3. The molecule has 8 heteroatoms. The van der Waals surface area contributed by atoms with Gasteiger partial charge < -0.3 is 4.74 Å². The van der Waals surface area contributed by atoms with Crippen LogP contribution >= 0.6 is 0 Å². The van der Waals surface area contributed by atoms with E-state index in [0.717, 1.165) is 66.2 Å². The molecule has 166 valence electrons. The van der Waals surface area contributed by atoms with Gasteiger partial charge in [-0.1, -0.05) is 0 Å². The average molecular weight is 494 g/mol. The second kappa shape index (κ2) is 9.90. The maximum atomic E-state index is 6.09. The number of nitrogens with one attached hydrogen (secondary N) is 1. The number of morpholine rings is 1. The summed E-state index contributed by atoms with van der Waals surface area (Å²) in [6.45, 7) is 5.30. The summed E-state index contributed by atoms with van der Waals surface area (Å²) in [5, 5.41) is 2.27. The second-order valence-corrected chi connectivity index (χ2v) is 10.4. The van der Waals surface area contributed by atoms with Crippen molar-refractivity contribution in [2.24, 2.45) is 0 Å². The molecular formula is C24H27AsN4O3. The molecule has 1 atom stereocenters. The van der Waals surface area contributed by atoms with E-state index in [1.54, 1.807) is 13.4 Å². The van der Waals surface area contributed by atoms with Gasteiger partial charge in [-0.05, 0) is 0 Å². The molecule has 32 heavy (non-hydrogen) atoms. The van der Waals surface area contributed by atoms with Crippen molar-refractivity contribution in [3.8, 4) is 11.5 Å². The van der Waals surface area contributed by atoms with E-state index in [0.29, 0.717) is 6.61 Å². The van der Waals surface area contributed by atoms with Gasteiger partial charge in [-0.3, -0.25) is 0 Å². The van der Waals surface area contributed by atoms with Crippen LogP contribution in [0.25, 0.3) is 21.8 Å². The van der Waals surface area contributed by atoms with Crippen LogP contribution in [-0.2, 0) is 4.74 Å². The monoisotopic (exact) mass is 494 g/mol. The predicted molar refractivity (Wildman–Crippen MR) is 128 cm³/mol. The fourth-order valence-corrected chi connectivity index (χ4v) is 6.64.